The highest BCUT2D eigenvalue weighted by Gasteiger charge is 2.31. The highest BCUT2D eigenvalue weighted by Crippen LogP contribution is 2.39. The number of fused-ring (bicyclic) bond motifs is 1. The molecule has 3 rings (SSSR count). The molecule has 2 aromatic rings. The van der Waals surface area contributed by atoms with E-state index in [1.54, 1.807) is 17.6 Å². The van der Waals surface area contributed by atoms with Crippen molar-refractivity contribution in [1.82, 2.24) is 4.98 Å². The number of carbonyl (C=O) groups excluding carboxylic acids is 1. The van der Waals surface area contributed by atoms with E-state index < -0.39 is 0 Å². The van der Waals surface area contributed by atoms with Crippen molar-refractivity contribution in [2.75, 3.05) is 6.61 Å². The number of rotatable bonds is 3. The third-order valence-corrected chi connectivity index (χ3v) is 4.71. The molecule has 1 aliphatic carbocycles. The molecular formula is C15H17NO3S. The largest absolute Gasteiger partial charge is 0.465 e. The molecule has 106 valence electrons. The van der Waals surface area contributed by atoms with Gasteiger partial charge in [0.05, 0.1) is 18.6 Å². The number of ether oxygens (including phenoxy) is 1. The highest BCUT2D eigenvalue weighted by atomic mass is 32.1. The van der Waals surface area contributed by atoms with Crippen molar-refractivity contribution in [3.8, 4) is 10.8 Å². The van der Waals surface area contributed by atoms with Gasteiger partial charge in [-0.2, -0.15) is 0 Å². The first kappa shape index (κ1) is 13.4. The molecule has 1 unspecified atom stereocenters. The number of hydrogen-bond donors (Lipinski definition) is 0. The molecule has 0 saturated carbocycles. The molecule has 2 heterocycles. The lowest BCUT2D eigenvalue weighted by atomic mass is 9.91. The maximum atomic E-state index is 12.0. The van der Waals surface area contributed by atoms with Gasteiger partial charge < -0.3 is 9.15 Å². The number of aryl methyl sites for hydroxylation is 2. The van der Waals surface area contributed by atoms with E-state index in [9.17, 15) is 4.79 Å². The molecule has 2 aromatic heterocycles. The van der Waals surface area contributed by atoms with Crippen molar-refractivity contribution in [3.05, 3.63) is 28.5 Å². The third-order valence-electron chi connectivity index (χ3n) is 3.58. The number of esters is 1. The first-order valence-electron chi connectivity index (χ1n) is 6.91. The summed E-state index contributed by atoms with van der Waals surface area (Å²) in [5.41, 5.74) is 1.97. The Kier molecular flexibility index (Phi) is 3.61. The number of aromatic nitrogens is 1. The Morgan fingerprint density at radius 3 is 3.15 bits per heavy atom. The molecule has 0 amide bonds. The van der Waals surface area contributed by atoms with Crippen LogP contribution in [0, 0.1) is 6.92 Å². The molecular weight excluding hydrogens is 274 g/mol. The van der Waals surface area contributed by atoms with Crippen LogP contribution in [-0.2, 0) is 16.0 Å². The van der Waals surface area contributed by atoms with Crippen molar-refractivity contribution in [2.45, 2.75) is 39.0 Å². The number of carbonyl (C=O) groups is 1. The minimum absolute atomic E-state index is 0.151. The molecule has 0 aromatic carbocycles. The van der Waals surface area contributed by atoms with Crippen LogP contribution in [0.15, 0.2) is 16.7 Å². The summed E-state index contributed by atoms with van der Waals surface area (Å²) >= 11 is 1.63. The SMILES string of the molecule is CCOC(=O)C1CCCc2sc(-c3occc3C)nc21. The van der Waals surface area contributed by atoms with Crippen LogP contribution in [0.2, 0.25) is 0 Å². The zero-order valence-corrected chi connectivity index (χ0v) is 12.5. The van der Waals surface area contributed by atoms with Crippen molar-refractivity contribution in [1.29, 1.82) is 0 Å². The van der Waals surface area contributed by atoms with E-state index >= 15 is 0 Å². The second-order valence-corrected chi connectivity index (χ2v) is 6.04. The van der Waals surface area contributed by atoms with Crippen LogP contribution in [0.25, 0.3) is 10.8 Å². The minimum atomic E-state index is -0.209. The van der Waals surface area contributed by atoms with E-state index in [4.69, 9.17) is 9.15 Å². The second-order valence-electron chi connectivity index (χ2n) is 4.96. The van der Waals surface area contributed by atoms with Gasteiger partial charge in [-0.05, 0) is 44.7 Å². The molecule has 0 bridgehead atoms. The van der Waals surface area contributed by atoms with Gasteiger partial charge in [0.1, 0.15) is 5.92 Å². The van der Waals surface area contributed by atoms with Gasteiger partial charge in [-0.1, -0.05) is 0 Å². The third kappa shape index (κ3) is 2.26. The Balaban J connectivity index is 1.97. The first-order chi connectivity index (χ1) is 9.70. The molecule has 0 aliphatic heterocycles. The van der Waals surface area contributed by atoms with Crippen LogP contribution >= 0.6 is 11.3 Å². The summed E-state index contributed by atoms with van der Waals surface area (Å²) < 4.78 is 10.7. The summed E-state index contributed by atoms with van der Waals surface area (Å²) in [6, 6.07) is 1.93. The van der Waals surface area contributed by atoms with Gasteiger partial charge in [-0.25, -0.2) is 4.98 Å². The Hall–Kier alpha value is -1.62. The van der Waals surface area contributed by atoms with Gasteiger partial charge >= 0.3 is 5.97 Å². The zero-order valence-electron chi connectivity index (χ0n) is 11.6. The topological polar surface area (TPSA) is 52.3 Å². The lowest BCUT2D eigenvalue weighted by molar-refractivity contribution is -0.145. The maximum absolute atomic E-state index is 12.0. The van der Waals surface area contributed by atoms with Crippen LogP contribution in [0.1, 0.15) is 41.8 Å². The normalized spacial score (nSPS) is 17.8. The first-order valence-corrected chi connectivity index (χ1v) is 7.73. The molecule has 0 fully saturated rings. The molecule has 0 spiro atoms. The Bertz CT molecular complexity index is 629. The fraction of sp³-hybridized carbons (Fsp3) is 0.467. The Morgan fingerprint density at radius 2 is 2.45 bits per heavy atom. The predicted molar refractivity (Wildman–Crippen MR) is 76.9 cm³/mol. The van der Waals surface area contributed by atoms with Gasteiger partial charge in [-0.15, -0.1) is 11.3 Å². The van der Waals surface area contributed by atoms with E-state index in [1.807, 2.05) is 19.9 Å². The van der Waals surface area contributed by atoms with Gasteiger partial charge in [0, 0.05) is 4.88 Å². The number of nitrogens with zero attached hydrogens (tertiary/aromatic N) is 1. The highest BCUT2D eigenvalue weighted by molar-refractivity contribution is 7.15. The van der Waals surface area contributed by atoms with Gasteiger partial charge in [0.25, 0.3) is 0 Å². The van der Waals surface area contributed by atoms with E-state index in [0.717, 1.165) is 41.3 Å². The summed E-state index contributed by atoms with van der Waals surface area (Å²) in [6.45, 7) is 4.25. The van der Waals surface area contributed by atoms with Crippen molar-refractivity contribution in [2.24, 2.45) is 0 Å². The predicted octanol–water partition coefficient (Wildman–Crippen LogP) is 3.69. The lowest BCUT2D eigenvalue weighted by Crippen LogP contribution is -2.20. The fourth-order valence-corrected chi connectivity index (χ4v) is 3.80. The minimum Gasteiger partial charge on any atom is -0.465 e. The van der Waals surface area contributed by atoms with Crippen molar-refractivity contribution in [3.63, 3.8) is 0 Å². The molecule has 0 radical (unpaired) electrons. The second kappa shape index (κ2) is 5.40. The summed E-state index contributed by atoms with van der Waals surface area (Å²) in [6.07, 6.45) is 4.50. The summed E-state index contributed by atoms with van der Waals surface area (Å²) in [5.74, 6) is 0.451. The lowest BCUT2D eigenvalue weighted by Gasteiger charge is -2.19. The van der Waals surface area contributed by atoms with Gasteiger partial charge in [0.15, 0.2) is 10.8 Å². The number of furan rings is 1. The maximum Gasteiger partial charge on any atom is 0.315 e. The van der Waals surface area contributed by atoms with E-state index in [0.29, 0.717) is 6.61 Å². The van der Waals surface area contributed by atoms with Crippen molar-refractivity contribution < 1.29 is 13.9 Å². The van der Waals surface area contributed by atoms with Crippen LogP contribution in [0.4, 0.5) is 0 Å². The smallest absolute Gasteiger partial charge is 0.315 e. The average molecular weight is 291 g/mol. The van der Waals surface area contributed by atoms with Gasteiger partial charge in [-0.3, -0.25) is 4.79 Å². The standard InChI is InChI=1S/C15H17NO3S/c1-3-18-15(17)10-5-4-6-11-12(10)16-14(20-11)13-9(2)7-8-19-13/h7-8,10H,3-6H2,1-2H3. The summed E-state index contributed by atoms with van der Waals surface area (Å²) in [5, 5.41) is 0.869. The molecule has 4 nitrogen and oxygen atoms in total. The van der Waals surface area contributed by atoms with Crippen LogP contribution in [0.5, 0.6) is 0 Å². The van der Waals surface area contributed by atoms with Gasteiger partial charge in [0.2, 0.25) is 0 Å². The fourth-order valence-electron chi connectivity index (χ4n) is 2.58. The van der Waals surface area contributed by atoms with Crippen LogP contribution < -0.4 is 0 Å². The Morgan fingerprint density at radius 1 is 1.60 bits per heavy atom. The average Bonchev–Trinajstić information content (AvgIpc) is 3.03. The molecule has 1 atom stereocenters. The Labute approximate surface area is 121 Å². The van der Waals surface area contributed by atoms with E-state index in [1.165, 1.54) is 4.88 Å². The summed E-state index contributed by atoms with van der Waals surface area (Å²) in [7, 11) is 0. The van der Waals surface area contributed by atoms with Crippen molar-refractivity contribution >= 4 is 17.3 Å². The quantitative estimate of drug-likeness (QED) is 0.809. The van der Waals surface area contributed by atoms with Crippen LogP contribution in [-0.4, -0.2) is 17.6 Å². The molecule has 5 heteroatoms. The number of hydrogen-bond acceptors (Lipinski definition) is 5. The van der Waals surface area contributed by atoms with Crippen LogP contribution in [0.3, 0.4) is 0 Å². The van der Waals surface area contributed by atoms with E-state index in [2.05, 4.69) is 4.98 Å². The molecule has 0 saturated heterocycles. The molecule has 20 heavy (non-hydrogen) atoms. The summed E-state index contributed by atoms with van der Waals surface area (Å²) in [4.78, 5) is 17.9. The molecule has 0 N–H and O–H groups in total. The molecule has 1 aliphatic rings. The van der Waals surface area contributed by atoms with E-state index in [-0.39, 0.29) is 11.9 Å². The number of thiazole rings is 1. The zero-order chi connectivity index (χ0) is 14.1. The monoisotopic (exact) mass is 291 g/mol.